The standard InChI is InChI=1S/C13H17N3/c1-8-5-9(2)13(10(3)6-8)11-7-12(14)16(4)15-11/h5-7H,14H2,1-4H3. The van der Waals surface area contributed by atoms with E-state index in [0.29, 0.717) is 5.82 Å². The summed E-state index contributed by atoms with van der Waals surface area (Å²) in [5, 5.41) is 4.42. The van der Waals surface area contributed by atoms with Gasteiger partial charge in [0.05, 0.1) is 5.69 Å². The number of hydrogen-bond acceptors (Lipinski definition) is 2. The lowest BCUT2D eigenvalue weighted by atomic mass is 9.97. The van der Waals surface area contributed by atoms with Gasteiger partial charge in [0.2, 0.25) is 0 Å². The number of benzene rings is 1. The van der Waals surface area contributed by atoms with Crippen molar-refractivity contribution in [3.8, 4) is 11.3 Å². The molecule has 0 unspecified atom stereocenters. The van der Waals surface area contributed by atoms with Gasteiger partial charge in [-0.1, -0.05) is 17.7 Å². The molecule has 1 aromatic heterocycles. The molecule has 0 aliphatic carbocycles. The van der Waals surface area contributed by atoms with Gasteiger partial charge in [0.1, 0.15) is 5.82 Å². The highest BCUT2D eigenvalue weighted by atomic mass is 15.3. The first-order chi connectivity index (χ1) is 7.49. The van der Waals surface area contributed by atoms with Crippen LogP contribution in [0.3, 0.4) is 0 Å². The molecule has 0 fully saturated rings. The van der Waals surface area contributed by atoms with E-state index in [1.807, 2.05) is 13.1 Å². The zero-order chi connectivity index (χ0) is 11.9. The Morgan fingerprint density at radius 3 is 2.06 bits per heavy atom. The lowest BCUT2D eigenvalue weighted by molar-refractivity contribution is 0.782. The Balaban J connectivity index is 2.64. The number of aromatic nitrogens is 2. The third-order valence-electron chi connectivity index (χ3n) is 2.85. The van der Waals surface area contributed by atoms with Gasteiger partial charge in [0, 0.05) is 18.7 Å². The smallest absolute Gasteiger partial charge is 0.121 e. The zero-order valence-corrected chi connectivity index (χ0v) is 10.2. The van der Waals surface area contributed by atoms with Crippen LogP contribution >= 0.6 is 0 Å². The monoisotopic (exact) mass is 215 g/mol. The predicted octanol–water partition coefficient (Wildman–Crippen LogP) is 2.59. The topological polar surface area (TPSA) is 43.8 Å². The largest absolute Gasteiger partial charge is 0.384 e. The van der Waals surface area contributed by atoms with Crippen molar-refractivity contribution in [3.63, 3.8) is 0 Å². The van der Waals surface area contributed by atoms with Gasteiger partial charge in [-0.3, -0.25) is 4.68 Å². The molecular weight excluding hydrogens is 198 g/mol. The van der Waals surface area contributed by atoms with Crippen molar-refractivity contribution < 1.29 is 0 Å². The molecule has 0 atom stereocenters. The number of anilines is 1. The Morgan fingerprint density at radius 2 is 1.62 bits per heavy atom. The Labute approximate surface area is 95.9 Å². The second-order valence-corrected chi connectivity index (χ2v) is 4.35. The summed E-state index contributed by atoms with van der Waals surface area (Å²) in [5.74, 6) is 0.689. The molecule has 0 radical (unpaired) electrons. The number of rotatable bonds is 1. The lowest BCUT2D eigenvalue weighted by Gasteiger charge is -2.08. The van der Waals surface area contributed by atoms with Gasteiger partial charge in [0.25, 0.3) is 0 Å². The first-order valence-corrected chi connectivity index (χ1v) is 5.37. The lowest BCUT2D eigenvalue weighted by Crippen LogP contribution is -1.97. The maximum absolute atomic E-state index is 5.81. The van der Waals surface area contributed by atoms with Crippen LogP contribution in [0.5, 0.6) is 0 Å². The van der Waals surface area contributed by atoms with Crippen LogP contribution < -0.4 is 5.73 Å². The molecule has 0 bridgehead atoms. The summed E-state index contributed by atoms with van der Waals surface area (Å²) in [4.78, 5) is 0. The molecule has 0 saturated carbocycles. The average Bonchev–Trinajstić information content (AvgIpc) is 2.44. The molecule has 0 aliphatic rings. The molecule has 3 heteroatoms. The van der Waals surface area contributed by atoms with E-state index in [2.05, 4.69) is 38.0 Å². The fourth-order valence-electron chi connectivity index (χ4n) is 2.19. The van der Waals surface area contributed by atoms with E-state index < -0.39 is 0 Å². The average molecular weight is 215 g/mol. The summed E-state index contributed by atoms with van der Waals surface area (Å²) in [6.07, 6.45) is 0. The van der Waals surface area contributed by atoms with E-state index in [0.717, 1.165) is 5.69 Å². The molecule has 0 aliphatic heterocycles. The minimum Gasteiger partial charge on any atom is -0.384 e. The van der Waals surface area contributed by atoms with Crippen LogP contribution in [0, 0.1) is 20.8 Å². The molecule has 3 nitrogen and oxygen atoms in total. The molecule has 2 N–H and O–H groups in total. The normalized spacial score (nSPS) is 10.8. The number of aryl methyl sites for hydroxylation is 4. The Kier molecular flexibility index (Phi) is 2.46. The first-order valence-electron chi connectivity index (χ1n) is 5.37. The number of nitrogens with two attached hydrogens (primary N) is 1. The summed E-state index contributed by atoms with van der Waals surface area (Å²) < 4.78 is 1.70. The quantitative estimate of drug-likeness (QED) is 0.794. The minimum absolute atomic E-state index is 0.689. The highest BCUT2D eigenvalue weighted by Gasteiger charge is 2.10. The van der Waals surface area contributed by atoms with E-state index in [4.69, 9.17) is 5.73 Å². The van der Waals surface area contributed by atoms with Gasteiger partial charge in [-0.2, -0.15) is 5.10 Å². The van der Waals surface area contributed by atoms with E-state index in [-0.39, 0.29) is 0 Å². The van der Waals surface area contributed by atoms with Gasteiger partial charge in [-0.15, -0.1) is 0 Å². The maximum atomic E-state index is 5.81. The highest BCUT2D eigenvalue weighted by molar-refractivity contribution is 5.70. The fraction of sp³-hybridized carbons (Fsp3) is 0.308. The van der Waals surface area contributed by atoms with Crippen molar-refractivity contribution in [1.29, 1.82) is 0 Å². The van der Waals surface area contributed by atoms with Crippen LogP contribution in [0.2, 0.25) is 0 Å². The van der Waals surface area contributed by atoms with E-state index >= 15 is 0 Å². The van der Waals surface area contributed by atoms with Crippen molar-refractivity contribution in [3.05, 3.63) is 34.9 Å². The van der Waals surface area contributed by atoms with Crippen molar-refractivity contribution in [2.45, 2.75) is 20.8 Å². The summed E-state index contributed by atoms with van der Waals surface area (Å²) in [7, 11) is 1.86. The second-order valence-electron chi connectivity index (χ2n) is 4.35. The van der Waals surface area contributed by atoms with Crippen molar-refractivity contribution in [2.75, 3.05) is 5.73 Å². The molecule has 0 saturated heterocycles. The van der Waals surface area contributed by atoms with Gasteiger partial charge < -0.3 is 5.73 Å². The van der Waals surface area contributed by atoms with E-state index in [1.54, 1.807) is 4.68 Å². The van der Waals surface area contributed by atoms with Gasteiger partial charge in [0.15, 0.2) is 0 Å². The van der Waals surface area contributed by atoms with Gasteiger partial charge in [-0.05, 0) is 31.9 Å². The Morgan fingerprint density at radius 1 is 1.06 bits per heavy atom. The van der Waals surface area contributed by atoms with Gasteiger partial charge in [-0.25, -0.2) is 0 Å². The third-order valence-corrected chi connectivity index (χ3v) is 2.85. The molecule has 84 valence electrons. The predicted molar refractivity (Wildman–Crippen MR) is 67.3 cm³/mol. The number of nitrogen functional groups attached to an aromatic ring is 1. The van der Waals surface area contributed by atoms with Crippen LogP contribution in [0.15, 0.2) is 18.2 Å². The third kappa shape index (κ3) is 1.69. The van der Waals surface area contributed by atoms with Crippen LogP contribution in [0.4, 0.5) is 5.82 Å². The maximum Gasteiger partial charge on any atom is 0.121 e. The second kappa shape index (κ2) is 3.67. The molecular formula is C13H17N3. The van der Waals surface area contributed by atoms with Crippen molar-refractivity contribution >= 4 is 5.82 Å². The first kappa shape index (κ1) is 10.7. The van der Waals surface area contributed by atoms with E-state index in [9.17, 15) is 0 Å². The summed E-state index contributed by atoms with van der Waals surface area (Å²) in [6.45, 7) is 6.33. The molecule has 1 heterocycles. The van der Waals surface area contributed by atoms with Crippen molar-refractivity contribution in [1.82, 2.24) is 9.78 Å². The molecule has 16 heavy (non-hydrogen) atoms. The Bertz CT molecular complexity index is 496. The molecule has 0 spiro atoms. The molecule has 2 aromatic rings. The number of nitrogens with zero attached hydrogens (tertiary/aromatic N) is 2. The highest BCUT2D eigenvalue weighted by Crippen LogP contribution is 2.28. The minimum atomic E-state index is 0.689. The Hall–Kier alpha value is -1.77. The molecule has 0 amide bonds. The molecule has 2 rings (SSSR count). The number of hydrogen-bond donors (Lipinski definition) is 1. The van der Waals surface area contributed by atoms with Crippen LogP contribution in [0.1, 0.15) is 16.7 Å². The van der Waals surface area contributed by atoms with Crippen LogP contribution in [0.25, 0.3) is 11.3 Å². The van der Waals surface area contributed by atoms with E-state index in [1.165, 1.54) is 22.3 Å². The van der Waals surface area contributed by atoms with Crippen LogP contribution in [-0.2, 0) is 7.05 Å². The SMILES string of the molecule is Cc1cc(C)c(-c2cc(N)n(C)n2)c(C)c1. The molecule has 1 aromatic carbocycles. The van der Waals surface area contributed by atoms with Crippen LogP contribution in [-0.4, -0.2) is 9.78 Å². The summed E-state index contributed by atoms with van der Waals surface area (Å²) in [5.41, 5.74) is 11.7. The zero-order valence-electron chi connectivity index (χ0n) is 10.2. The van der Waals surface area contributed by atoms with Gasteiger partial charge >= 0.3 is 0 Å². The van der Waals surface area contributed by atoms with Crippen molar-refractivity contribution in [2.24, 2.45) is 7.05 Å². The fourth-order valence-corrected chi connectivity index (χ4v) is 2.19. The summed E-state index contributed by atoms with van der Waals surface area (Å²) >= 11 is 0. The summed E-state index contributed by atoms with van der Waals surface area (Å²) in [6, 6.07) is 6.27.